The Labute approximate surface area is 93.8 Å². The normalized spacial score (nSPS) is 13.5. The molecule has 0 bridgehead atoms. The molecule has 0 aromatic rings. The Hall–Kier alpha value is -0.590. The number of methoxy groups -OCH3 is 1. The molecule has 0 radical (unpaired) electrons. The number of nitrogens with one attached hydrogen (secondary N) is 1. The quantitative estimate of drug-likeness (QED) is 0.671. The number of nitriles is 1. The van der Waals surface area contributed by atoms with Crippen molar-refractivity contribution in [1.29, 1.82) is 5.26 Å². The van der Waals surface area contributed by atoms with Gasteiger partial charge in [-0.25, -0.2) is 0 Å². The van der Waals surface area contributed by atoms with Crippen LogP contribution in [-0.4, -0.2) is 26.3 Å². The molecule has 1 N–H and O–H groups in total. The summed E-state index contributed by atoms with van der Waals surface area (Å²) in [6, 6.07) is 2.54. The number of hydrogen-bond acceptors (Lipinski definition) is 3. The zero-order valence-corrected chi connectivity index (χ0v) is 10.5. The van der Waals surface area contributed by atoms with Crippen molar-refractivity contribution in [3.8, 4) is 6.07 Å². The van der Waals surface area contributed by atoms with E-state index in [1.54, 1.807) is 7.11 Å². The van der Waals surface area contributed by atoms with Crippen molar-refractivity contribution < 1.29 is 4.74 Å². The largest absolute Gasteiger partial charge is 0.385 e. The van der Waals surface area contributed by atoms with Crippen molar-refractivity contribution in [2.45, 2.75) is 46.1 Å². The highest BCUT2D eigenvalue weighted by Crippen LogP contribution is 2.19. The van der Waals surface area contributed by atoms with Crippen LogP contribution in [-0.2, 0) is 4.74 Å². The zero-order chi connectivity index (χ0) is 11.7. The van der Waals surface area contributed by atoms with Crippen LogP contribution in [0, 0.1) is 16.7 Å². The number of rotatable bonds is 8. The van der Waals surface area contributed by atoms with E-state index in [1.807, 2.05) is 0 Å². The third kappa shape index (κ3) is 7.35. The predicted molar refractivity (Wildman–Crippen MR) is 62.6 cm³/mol. The molecule has 3 nitrogen and oxygen atoms in total. The first-order chi connectivity index (χ1) is 7.05. The van der Waals surface area contributed by atoms with E-state index < -0.39 is 0 Å². The topological polar surface area (TPSA) is 45.0 Å². The number of hydrogen-bond donors (Lipinski definition) is 1. The fourth-order valence-electron chi connectivity index (χ4n) is 1.36. The molecule has 0 aliphatic heterocycles. The summed E-state index contributed by atoms with van der Waals surface area (Å²) >= 11 is 0. The molecule has 0 aromatic carbocycles. The van der Waals surface area contributed by atoms with Gasteiger partial charge in [0.25, 0.3) is 0 Å². The second kappa shape index (κ2) is 7.67. The molecule has 0 saturated heterocycles. The average molecular weight is 212 g/mol. The summed E-state index contributed by atoms with van der Waals surface area (Å²) in [6.45, 7) is 8.29. The standard InChI is InChI=1S/C12H24N2O/c1-5-11(6-8-13)14-10-12(2,3)7-9-15-4/h11,14H,5-7,9-10H2,1-4H3. The van der Waals surface area contributed by atoms with Gasteiger partial charge in [-0.15, -0.1) is 0 Å². The first kappa shape index (κ1) is 14.4. The van der Waals surface area contributed by atoms with Crippen LogP contribution < -0.4 is 5.32 Å². The molecule has 88 valence electrons. The highest BCUT2D eigenvalue weighted by Gasteiger charge is 2.18. The fraction of sp³-hybridized carbons (Fsp3) is 0.917. The summed E-state index contributed by atoms with van der Waals surface area (Å²) in [5.74, 6) is 0. The summed E-state index contributed by atoms with van der Waals surface area (Å²) in [5.41, 5.74) is 0.235. The van der Waals surface area contributed by atoms with E-state index >= 15 is 0 Å². The molecule has 1 atom stereocenters. The van der Waals surface area contributed by atoms with Crippen LogP contribution in [0.4, 0.5) is 0 Å². The highest BCUT2D eigenvalue weighted by atomic mass is 16.5. The summed E-state index contributed by atoms with van der Waals surface area (Å²) in [6.07, 6.45) is 2.64. The van der Waals surface area contributed by atoms with E-state index in [9.17, 15) is 0 Å². The summed E-state index contributed by atoms with van der Waals surface area (Å²) < 4.78 is 5.08. The van der Waals surface area contributed by atoms with Crippen molar-refractivity contribution in [1.82, 2.24) is 5.32 Å². The lowest BCUT2D eigenvalue weighted by Gasteiger charge is -2.27. The van der Waals surface area contributed by atoms with Crippen LogP contribution in [0.25, 0.3) is 0 Å². The van der Waals surface area contributed by atoms with E-state index in [1.165, 1.54) is 0 Å². The highest BCUT2D eigenvalue weighted by molar-refractivity contribution is 4.82. The molecule has 0 aliphatic carbocycles. The Bertz CT molecular complexity index is 196. The van der Waals surface area contributed by atoms with Gasteiger partial charge in [0, 0.05) is 26.3 Å². The van der Waals surface area contributed by atoms with Crippen molar-refractivity contribution in [2.75, 3.05) is 20.3 Å². The molecule has 1 unspecified atom stereocenters. The monoisotopic (exact) mass is 212 g/mol. The van der Waals surface area contributed by atoms with Gasteiger partial charge in [-0.1, -0.05) is 20.8 Å². The number of ether oxygens (including phenoxy) is 1. The molecule has 0 saturated carbocycles. The Kier molecular flexibility index (Phi) is 7.37. The van der Waals surface area contributed by atoms with Crippen LogP contribution in [0.2, 0.25) is 0 Å². The lowest BCUT2D eigenvalue weighted by molar-refractivity contribution is 0.149. The lowest BCUT2D eigenvalue weighted by atomic mass is 9.89. The number of nitrogens with zero attached hydrogens (tertiary/aromatic N) is 1. The Morgan fingerprint density at radius 1 is 1.47 bits per heavy atom. The third-order valence-corrected chi connectivity index (χ3v) is 2.68. The first-order valence-corrected chi connectivity index (χ1v) is 5.65. The van der Waals surface area contributed by atoms with Crippen molar-refractivity contribution in [3.05, 3.63) is 0 Å². The summed E-state index contributed by atoms with van der Waals surface area (Å²) in [5, 5.41) is 12.1. The Balaban J connectivity index is 3.84. The summed E-state index contributed by atoms with van der Waals surface area (Å²) in [4.78, 5) is 0. The minimum absolute atomic E-state index is 0.235. The molecule has 0 aliphatic rings. The van der Waals surface area contributed by atoms with Crippen LogP contribution in [0.5, 0.6) is 0 Å². The van der Waals surface area contributed by atoms with Gasteiger partial charge in [0.05, 0.1) is 12.5 Å². The molecular weight excluding hydrogens is 188 g/mol. The van der Waals surface area contributed by atoms with E-state index in [0.29, 0.717) is 12.5 Å². The van der Waals surface area contributed by atoms with Gasteiger partial charge in [0.15, 0.2) is 0 Å². The molecule has 0 heterocycles. The van der Waals surface area contributed by atoms with Crippen LogP contribution in [0.3, 0.4) is 0 Å². The maximum atomic E-state index is 8.63. The molecular formula is C12H24N2O. The SMILES string of the molecule is CCC(CC#N)NCC(C)(C)CCOC. The van der Waals surface area contributed by atoms with Crippen LogP contribution in [0.15, 0.2) is 0 Å². The molecule has 0 spiro atoms. The predicted octanol–water partition coefficient (Wildman–Crippen LogP) is 2.33. The van der Waals surface area contributed by atoms with E-state index in [0.717, 1.165) is 26.0 Å². The van der Waals surface area contributed by atoms with E-state index in [2.05, 4.69) is 32.2 Å². The fourth-order valence-corrected chi connectivity index (χ4v) is 1.36. The van der Waals surface area contributed by atoms with Crippen LogP contribution in [0.1, 0.15) is 40.0 Å². The van der Waals surface area contributed by atoms with Gasteiger partial charge in [-0.05, 0) is 18.3 Å². The van der Waals surface area contributed by atoms with Gasteiger partial charge >= 0.3 is 0 Å². The maximum Gasteiger partial charge on any atom is 0.0638 e. The molecule has 0 aromatic heterocycles. The second-order valence-corrected chi connectivity index (χ2v) is 4.76. The van der Waals surface area contributed by atoms with E-state index in [4.69, 9.17) is 10.00 Å². The molecule has 0 amide bonds. The average Bonchev–Trinajstić information content (AvgIpc) is 2.21. The molecule has 0 rings (SSSR count). The molecule has 0 fully saturated rings. The minimum atomic E-state index is 0.235. The second-order valence-electron chi connectivity index (χ2n) is 4.76. The van der Waals surface area contributed by atoms with Crippen molar-refractivity contribution in [2.24, 2.45) is 5.41 Å². The summed E-state index contributed by atoms with van der Waals surface area (Å²) in [7, 11) is 1.73. The minimum Gasteiger partial charge on any atom is -0.385 e. The van der Waals surface area contributed by atoms with Crippen molar-refractivity contribution in [3.63, 3.8) is 0 Å². The third-order valence-electron chi connectivity index (χ3n) is 2.68. The van der Waals surface area contributed by atoms with Gasteiger partial charge in [0.2, 0.25) is 0 Å². The van der Waals surface area contributed by atoms with E-state index in [-0.39, 0.29) is 5.41 Å². The lowest BCUT2D eigenvalue weighted by Crippen LogP contribution is -2.37. The van der Waals surface area contributed by atoms with Gasteiger partial charge < -0.3 is 10.1 Å². The maximum absolute atomic E-state index is 8.63. The van der Waals surface area contributed by atoms with Gasteiger partial charge in [-0.3, -0.25) is 0 Å². The molecule has 3 heteroatoms. The van der Waals surface area contributed by atoms with Crippen molar-refractivity contribution >= 4 is 0 Å². The Morgan fingerprint density at radius 3 is 2.60 bits per heavy atom. The van der Waals surface area contributed by atoms with Crippen LogP contribution >= 0.6 is 0 Å². The zero-order valence-electron chi connectivity index (χ0n) is 10.5. The van der Waals surface area contributed by atoms with Gasteiger partial charge in [-0.2, -0.15) is 5.26 Å². The smallest absolute Gasteiger partial charge is 0.0638 e. The molecule has 15 heavy (non-hydrogen) atoms. The first-order valence-electron chi connectivity index (χ1n) is 5.65. The Morgan fingerprint density at radius 2 is 2.13 bits per heavy atom. The van der Waals surface area contributed by atoms with Gasteiger partial charge in [0.1, 0.15) is 0 Å².